The van der Waals surface area contributed by atoms with Crippen molar-refractivity contribution in [2.75, 3.05) is 39.8 Å². The van der Waals surface area contributed by atoms with E-state index in [0.29, 0.717) is 17.7 Å². The Balaban J connectivity index is 1.98. The minimum Gasteiger partial charge on any atom is -0.495 e. The van der Waals surface area contributed by atoms with E-state index in [0.717, 1.165) is 32.7 Å². The van der Waals surface area contributed by atoms with Crippen molar-refractivity contribution in [2.24, 2.45) is 0 Å². The highest BCUT2D eigenvalue weighted by Crippen LogP contribution is 2.29. The van der Waals surface area contributed by atoms with Gasteiger partial charge in [-0.15, -0.1) is 0 Å². The number of hydrogen-bond donors (Lipinski definition) is 1. The SMILES string of the molecule is COc1ccc(CCN2CCNCC2)c(F)c1Cl. The largest absolute Gasteiger partial charge is 0.495 e. The maximum absolute atomic E-state index is 14.0. The third-order valence-corrected chi connectivity index (χ3v) is 3.61. The van der Waals surface area contributed by atoms with E-state index in [2.05, 4.69) is 10.2 Å². The Bertz CT molecular complexity index is 408. The predicted octanol–water partition coefficient (Wildman–Crippen LogP) is 1.94. The highest BCUT2D eigenvalue weighted by atomic mass is 35.5. The first-order valence-electron chi connectivity index (χ1n) is 6.16. The van der Waals surface area contributed by atoms with Crippen molar-refractivity contribution in [3.8, 4) is 5.75 Å². The molecule has 0 radical (unpaired) electrons. The van der Waals surface area contributed by atoms with Crippen molar-refractivity contribution in [2.45, 2.75) is 6.42 Å². The van der Waals surface area contributed by atoms with E-state index < -0.39 is 0 Å². The number of rotatable bonds is 4. The van der Waals surface area contributed by atoms with Crippen molar-refractivity contribution in [3.63, 3.8) is 0 Å². The lowest BCUT2D eigenvalue weighted by molar-refractivity contribution is 0.243. The second-order valence-electron chi connectivity index (χ2n) is 4.40. The summed E-state index contributed by atoms with van der Waals surface area (Å²) in [5.74, 6) is 0.0336. The summed E-state index contributed by atoms with van der Waals surface area (Å²) in [4.78, 5) is 2.33. The summed E-state index contributed by atoms with van der Waals surface area (Å²) in [7, 11) is 1.49. The van der Waals surface area contributed by atoms with Crippen LogP contribution in [0.2, 0.25) is 5.02 Å². The molecule has 3 nitrogen and oxygen atoms in total. The average Bonchev–Trinajstić information content (AvgIpc) is 2.42. The molecule has 0 atom stereocenters. The van der Waals surface area contributed by atoms with Gasteiger partial charge in [0.05, 0.1) is 7.11 Å². The second kappa shape index (κ2) is 6.36. The summed E-state index contributed by atoms with van der Waals surface area (Å²) in [6, 6.07) is 3.47. The van der Waals surface area contributed by atoms with Crippen molar-refractivity contribution in [1.82, 2.24) is 10.2 Å². The highest BCUT2D eigenvalue weighted by molar-refractivity contribution is 6.32. The number of methoxy groups -OCH3 is 1. The maximum atomic E-state index is 14.0. The Hall–Kier alpha value is -0.840. The number of piperazine rings is 1. The number of halogens is 2. The van der Waals surface area contributed by atoms with Gasteiger partial charge in [0.15, 0.2) is 0 Å². The zero-order valence-electron chi connectivity index (χ0n) is 10.5. The van der Waals surface area contributed by atoms with Gasteiger partial charge < -0.3 is 15.0 Å². The molecule has 2 rings (SSSR count). The molecule has 0 bridgehead atoms. The highest BCUT2D eigenvalue weighted by Gasteiger charge is 2.14. The lowest BCUT2D eigenvalue weighted by atomic mass is 10.1. The zero-order valence-corrected chi connectivity index (χ0v) is 11.3. The minimum absolute atomic E-state index is 0.0790. The lowest BCUT2D eigenvalue weighted by Crippen LogP contribution is -2.44. The van der Waals surface area contributed by atoms with Crippen LogP contribution < -0.4 is 10.1 Å². The average molecular weight is 273 g/mol. The fourth-order valence-corrected chi connectivity index (χ4v) is 2.40. The van der Waals surface area contributed by atoms with E-state index >= 15 is 0 Å². The first kappa shape index (κ1) is 13.6. The standard InChI is InChI=1S/C13H18ClFN2O/c1-18-11-3-2-10(13(15)12(11)14)4-7-17-8-5-16-6-9-17/h2-3,16H,4-9H2,1H3. The van der Waals surface area contributed by atoms with Gasteiger partial charge in [0.1, 0.15) is 16.6 Å². The summed E-state index contributed by atoms with van der Waals surface area (Å²) < 4.78 is 18.9. The molecule has 0 aliphatic carbocycles. The van der Waals surface area contributed by atoms with Gasteiger partial charge in [-0.3, -0.25) is 0 Å². The summed E-state index contributed by atoms with van der Waals surface area (Å²) in [5, 5.41) is 3.37. The molecule has 1 N–H and O–H groups in total. The van der Waals surface area contributed by atoms with Crippen LogP contribution in [0.1, 0.15) is 5.56 Å². The van der Waals surface area contributed by atoms with E-state index in [1.54, 1.807) is 12.1 Å². The monoisotopic (exact) mass is 272 g/mol. The van der Waals surface area contributed by atoms with E-state index in [4.69, 9.17) is 16.3 Å². The molecule has 5 heteroatoms. The molecule has 1 heterocycles. The van der Waals surface area contributed by atoms with Crippen molar-refractivity contribution >= 4 is 11.6 Å². The molecule has 0 saturated carbocycles. The first-order chi connectivity index (χ1) is 8.72. The van der Waals surface area contributed by atoms with Gasteiger partial charge >= 0.3 is 0 Å². The number of benzene rings is 1. The Morgan fingerprint density at radius 3 is 2.78 bits per heavy atom. The molecule has 0 aromatic heterocycles. The van der Waals surface area contributed by atoms with Crippen LogP contribution in [-0.2, 0) is 6.42 Å². The van der Waals surface area contributed by atoms with Gasteiger partial charge in [0.2, 0.25) is 0 Å². The quantitative estimate of drug-likeness (QED) is 0.907. The molecule has 1 aromatic rings. The van der Waals surface area contributed by atoms with E-state index in [-0.39, 0.29) is 10.8 Å². The molecule has 1 fully saturated rings. The van der Waals surface area contributed by atoms with Crippen LogP contribution >= 0.6 is 11.6 Å². The molecule has 0 amide bonds. The summed E-state index contributed by atoms with van der Waals surface area (Å²) >= 11 is 5.90. The summed E-state index contributed by atoms with van der Waals surface area (Å²) in [6.45, 7) is 4.91. The summed E-state index contributed by atoms with van der Waals surface area (Å²) in [5.41, 5.74) is 0.652. The molecule has 1 aliphatic heterocycles. The molecule has 1 saturated heterocycles. The second-order valence-corrected chi connectivity index (χ2v) is 4.77. The Labute approximate surface area is 112 Å². The number of nitrogens with one attached hydrogen (secondary N) is 1. The van der Waals surface area contributed by atoms with E-state index in [1.165, 1.54) is 7.11 Å². The molecule has 18 heavy (non-hydrogen) atoms. The van der Waals surface area contributed by atoms with Gasteiger partial charge in [-0.25, -0.2) is 4.39 Å². The fraction of sp³-hybridized carbons (Fsp3) is 0.538. The van der Waals surface area contributed by atoms with Gasteiger partial charge in [-0.2, -0.15) is 0 Å². The van der Waals surface area contributed by atoms with E-state index in [9.17, 15) is 4.39 Å². The Morgan fingerprint density at radius 2 is 2.11 bits per heavy atom. The Kier molecular flexibility index (Phi) is 4.80. The van der Waals surface area contributed by atoms with Crippen LogP contribution in [0, 0.1) is 5.82 Å². The molecule has 1 aromatic carbocycles. The molecule has 0 unspecified atom stereocenters. The molecule has 100 valence electrons. The molecule has 0 spiro atoms. The normalized spacial score (nSPS) is 16.8. The smallest absolute Gasteiger partial charge is 0.148 e. The van der Waals surface area contributed by atoms with Crippen molar-refractivity contribution in [3.05, 3.63) is 28.5 Å². The van der Waals surface area contributed by atoms with Gasteiger partial charge in [0.25, 0.3) is 0 Å². The third kappa shape index (κ3) is 3.13. The number of hydrogen-bond acceptors (Lipinski definition) is 3. The van der Waals surface area contributed by atoms with E-state index in [1.807, 2.05) is 0 Å². The third-order valence-electron chi connectivity index (χ3n) is 3.25. The minimum atomic E-state index is -0.355. The van der Waals surface area contributed by atoms with Crippen molar-refractivity contribution < 1.29 is 9.13 Å². The van der Waals surface area contributed by atoms with Gasteiger partial charge in [0, 0.05) is 32.7 Å². The topological polar surface area (TPSA) is 24.5 Å². The van der Waals surface area contributed by atoms with Crippen LogP contribution in [0.25, 0.3) is 0 Å². The van der Waals surface area contributed by atoms with Crippen LogP contribution in [0.4, 0.5) is 4.39 Å². The molecule has 1 aliphatic rings. The van der Waals surface area contributed by atoms with Crippen LogP contribution in [0.15, 0.2) is 12.1 Å². The lowest BCUT2D eigenvalue weighted by Gasteiger charge is -2.27. The van der Waals surface area contributed by atoms with Gasteiger partial charge in [-0.05, 0) is 18.1 Å². The number of nitrogens with zero attached hydrogens (tertiary/aromatic N) is 1. The van der Waals surface area contributed by atoms with Crippen LogP contribution in [-0.4, -0.2) is 44.7 Å². The maximum Gasteiger partial charge on any atom is 0.148 e. The predicted molar refractivity (Wildman–Crippen MR) is 71.0 cm³/mol. The van der Waals surface area contributed by atoms with Crippen molar-refractivity contribution in [1.29, 1.82) is 0 Å². The zero-order chi connectivity index (χ0) is 13.0. The Morgan fingerprint density at radius 1 is 1.39 bits per heavy atom. The molecular weight excluding hydrogens is 255 g/mol. The summed E-state index contributed by atoms with van der Waals surface area (Å²) in [6.07, 6.45) is 0.676. The first-order valence-corrected chi connectivity index (χ1v) is 6.54. The fourth-order valence-electron chi connectivity index (χ4n) is 2.14. The molecular formula is C13H18ClFN2O. The number of ether oxygens (including phenoxy) is 1. The van der Waals surface area contributed by atoms with Crippen LogP contribution in [0.3, 0.4) is 0 Å². The van der Waals surface area contributed by atoms with Crippen LogP contribution in [0.5, 0.6) is 5.75 Å². The van der Waals surface area contributed by atoms with Gasteiger partial charge in [-0.1, -0.05) is 17.7 Å².